The van der Waals surface area contributed by atoms with E-state index in [9.17, 15) is 9.59 Å². The lowest BCUT2D eigenvalue weighted by molar-refractivity contribution is -0.128. The molecule has 1 heterocycles. The number of nitrogens with zero attached hydrogens (tertiary/aromatic N) is 1. The second-order valence-corrected chi connectivity index (χ2v) is 7.63. The molecule has 27 heavy (non-hydrogen) atoms. The Morgan fingerprint density at radius 3 is 2.19 bits per heavy atom. The summed E-state index contributed by atoms with van der Waals surface area (Å²) in [6, 6.07) is 15.9. The number of benzene rings is 2. The topological polar surface area (TPSA) is 49.4 Å². The first-order valence-electron chi connectivity index (χ1n) is 9.71. The van der Waals surface area contributed by atoms with Crippen LogP contribution in [-0.2, 0) is 11.3 Å². The Morgan fingerprint density at radius 2 is 1.63 bits per heavy atom. The lowest BCUT2D eigenvalue weighted by Crippen LogP contribution is -2.27. The van der Waals surface area contributed by atoms with E-state index in [-0.39, 0.29) is 17.9 Å². The van der Waals surface area contributed by atoms with Crippen molar-refractivity contribution in [1.29, 1.82) is 0 Å². The van der Waals surface area contributed by atoms with Crippen molar-refractivity contribution in [3.8, 4) is 0 Å². The normalized spacial score (nSPS) is 15.3. The number of hydrogen-bond acceptors (Lipinski definition) is 2. The summed E-state index contributed by atoms with van der Waals surface area (Å²) in [5.74, 6) is 0.631. The van der Waals surface area contributed by atoms with Crippen LogP contribution in [-0.4, -0.2) is 23.3 Å². The summed E-state index contributed by atoms with van der Waals surface area (Å²) in [6.45, 7) is 7.79. The molecule has 1 unspecified atom stereocenters. The Kier molecular flexibility index (Phi) is 5.94. The molecule has 4 heteroatoms. The molecular weight excluding hydrogens is 336 g/mol. The van der Waals surface area contributed by atoms with Crippen molar-refractivity contribution in [2.45, 2.75) is 52.1 Å². The SMILES string of the molecule is CC(C)c1ccc(C(C)NC(=O)c2ccc(CN3CCCC3=O)cc2)cc1. The molecule has 1 fully saturated rings. The van der Waals surface area contributed by atoms with Crippen LogP contribution < -0.4 is 5.32 Å². The largest absolute Gasteiger partial charge is 0.346 e. The van der Waals surface area contributed by atoms with Gasteiger partial charge in [-0.05, 0) is 48.1 Å². The van der Waals surface area contributed by atoms with Crippen LogP contribution in [0.2, 0.25) is 0 Å². The monoisotopic (exact) mass is 364 g/mol. The minimum Gasteiger partial charge on any atom is -0.346 e. The van der Waals surface area contributed by atoms with E-state index in [1.807, 2.05) is 36.1 Å². The van der Waals surface area contributed by atoms with E-state index in [1.165, 1.54) is 5.56 Å². The first-order valence-corrected chi connectivity index (χ1v) is 9.71. The molecule has 142 valence electrons. The van der Waals surface area contributed by atoms with Gasteiger partial charge in [0.1, 0.15) is 0 Å². The molecule has 0 saturated carbocycles. The minimum absolute atomic E-state index is 0.0550. The predicted octanol–water partition coefficient (Wildman–Crippen LogP) is 4.42. The summed E-state index contributed by atoms with van der Waals surface area (Å²) < 4.78 is 0. The van der Waals surface area contributed by atoms with Gasteiger partial charge in [0.05, 0.1) is 6.04 Å². The Balaban J connectivity index is 1.59. The van der Waals surface area contributed by atoms with Crippen molar-refractivity contribution in [2.24, 2.45) is 0 Å². The summed E-state index contributed by atoms with van der Waals surface area (Å²) in [5, 5.41) is 3.06. The Bertz CT molecular complexity index is 794. The third-order valence-electron chi connectivity index (χ3n) is 5.21. The average Bonchev–Trinajstić information content (AvgIpc) is 3.07. The fourth-order valence-corrected chi connectivity index (χ4v) is 3.39. The van der Waals surface area contributed by atoms with E-state index in [4.69, 9.17) is 0 Å². The average molecular weight is 364 g/mol. The van der Waals surface area contributed by atoms with Gasteiger partial charge in [0.2, 0.25) is 5.91 Å². The highest BCUT2D eigenvalue weighted by atomic mass is 16.2. The minimum atomic E-state index is -0.0840. The first kappa shape index (κ1) is 19.2. The van der Waals surface area contributed by atoms with Crippen LogP contribution in [0.15, 0.2) is 48.5 Å². The lowest BCUT2D eigenvalue weighted by Gasteiger charge is -2.17. The van der Waals surface area contributed by atoms with Gasteiger partial charge in [0, 0.05) is 25.1 Å². The zero-order valence-electron chi connectivity index (χ0n) is 16.4. The van der Waals surface area contributed by atoms with E-state index >= 15 is 0 Å². The first-order chi connectivity index (χ1) is 12.9. The number of rotatable bonds is 6. The second kappa shape index (κ2) is 8.38. The molecule has 2 amide bonds. The van der Waals surface area contributed by atoms with Gasteiger partial charge >= 0.3 is 0 Å². The molecule has 2 aromatic rings. The zero-order chi connectivity index (χ0) is 19.4. The van der Waals surface area contributed by atoms with Crippen molar-refractivity contribution in [2.75, 3.05) is 6.54 Å². The Morgan fingerprint density at radius 1 is 1.00 bits per heavy atom. The molecule has 0 aromatic heterocycles. The number of carbonyl (C=O) groups is 2. The van der Waals surface area contributed by atoms with Crippen LogP contribution >= 0.6 is 0 Å². The second-order valence-electron chi connectivity index (χ2n) is 7.63. The smallest absolute Gasteiger partial charge is 0.251 e. The lowest BCUT2D eigenvalue weighted by atomic mass is 9.99. The van der Waals surface area contributed by atoms with Gasteiger partial charge in [0.25, 0.3) is 5.91 Å². The van der Waals surface area contributed by atoms with Crippen LogP contribution in [0.4, 0.5) is 0 Å². The van der Waals surface area contributed by atoms with Gasteiger partial charge in [-0.1, -0.05) is 50.2 Å². The molecule has 0 spiro atoms. The number of hydrogen-bond donors (Lipinski definition) is 1. The van der Waals surface area contributed by atoms with E-state index < -0.39 is 0 Å². The van der Waals surface area contributed by atoms with Crippen LogP contribution in [0.25, 0.3) is 0 Å². The van der Waals surface area contributed by atoms with Crippen molar-refractivity contribution in [3.05, 3.63) is 70.8 Å². The molecule has 1 N–H and O–H groups in total. The molecule has 1 aliphatic rings. The van der Waals surface area contributed by atoms with E-state index in [2.05, 4.69) is 43.4 Å². The molecule has 3 rings (SSSR count). The highest BCUT2D eigenvalue weighted by Crippen LogP contribution is 2.19. The summed E-state index contributed by atoms with van der Waals surface area (Å²) in [7, 11) is 0. The maximum absolute atomic E-state index is 12.5. The van der Waals surface area contributed by atoms with Crippen LogP contribution in [0.5, 0.6) is 0 Å². The Hall–Kier alpha value is -2.62. The predicted molar refractivity (Wildman–Crippen MR) is 108 cm³/mol. The number of likely N-dealkylation sites (tertiary alicyclic amines) is 1. The summed E-state index contributed by atoms with van der Waals surface area (Å²) in [6.07, 6.45) is 1.59. The molecule has 0 radical (unpaired) electrons. The highest BCUT2D eigenvalue weighted by Gasteiger charge is 2.20. The van der Waals surface area contributed by atoms with E-state index in [0.717, 1.165) is 24.1 Å². The maximum atomic E-state index is 12.5. The van der Waals surface area contributed by atoms with Gasteiger partial charge in [-0.2, -0.15) is 0 Å². The van der Waals surface area contributed by atoms with Gasteiger partial charge in [-0.25, -0.2) is 0 Å². The molecule has 4 nitrogen and oxygen atoms in total. The van der Waals surface area contributed by atoms with Crippen LogP contribution in [0, 0.1) is 0 Å². The fraction of sp³-hybridized carbons (Fsp3) is 0.391. The van der Waals surface area contributed by atoms with Crippen LogP contribution in [0.1, 0.15) is 72.6 Å². The standard InChI is InChI=1S/C23H28N2O2/c1-16(2)19-10-12-20(13-11-19)17(3)24-23(27)21-8-6-18(7-9-21)15-25-14-4-5-22(25)26/h6-13,16-17H,4-5,14-15H2,1-3H3,(H,24,27). The zero-order valence-corrected chi connectivity index (χ0v) is 16.4. The summed E-state index contributed by atoms with van der Waals surface area (Å²) in [5.41, 5.74) is 4.08. The molecule has 0 aliphatic carbocycles. The van der Waals surface area contributed by atoms with Crippen molar-refractivity contribution in [3.63, 3.8) is 0 Å². The molecule has 1 saturated heterocycles. The number of nitrogens with one attached hydrogen (secondary N) is 1. The molecule has 1 atom stereocenters. The third kappa shape index (κ3) is 4.76. The number of carbonyl (C=O) groups excluding carboxylic acids is 2. The molecule has 1 aliphatic heterocycles. The highest BCUT2D eigenvalue weighted by molar-refractivity contribution is 5.94. The quantitative estimate of drug-likeness (QED) is 0.825. The van der Waals surface area contributed by atoms with E-state index in [1.54, 1.807) is 0 Å². The fourth-order valence-electron chi connectivity index (χ4n) is 3.39. The number of amides is 2. The third-order valence-corrected chi connectivity index (χ3v) is 5.21. The summed E-state index contributed by atoms with van der Waals surface area (Å²) in [4.78, 5) is 26.1. The molecule has 2 aromatic carbocycles. The van der Waals surface area contributed by atoms with Gasteiger partial charge in [-0.3, -0.25) is 9.59 Å². The van der Waals surface area contributed by atoms with E-state index in [0.29, 0.717) is 24.4 Å². The van der Waals surface area contributed by atoms with Gasteiger partial charge in [-0.15, -0.1) is 0 Å². The van der Waals surface area contributed by atoms with Gasteiger partial charge in [0.15, 0.2) is 0 Å². The Labute approximate surface area is 161 Å². The van der Waals surface area contributed by atoms with Crippen molar-refractivity contribution in [1.82, 2.24) is 10.2 Å². The van der Waals surface area contributed by atoms with Crippen LogP contribution in [0.3, 0.4) is 0 Å². The van der Waals surface area contributed by atoms with Crippen molar-refractivity contribution < 1.29 is 9.59 Å². The van der Waals surface area contributed by atoms with Gasteiger partial charge < -0.3 is 10.2 Å². The maximum Gasteiger partial charge on any atom is 0.251 e. The molecule has 0 bridgehead atoms. The summed E-state index contributed by atoms with van der Waals surface area (Å²) >= 11 is 0. The van der Waals surface area contributed by atoms with Crippen molar-refractivity contribution >= 4 is 11.8 Å². The molecular formula is C23H28N2O2.